The Balaban J connectivity index is 2.92. The molecule has 0 spiro atoms. The van der Waals surface area contributed by atoms with Crippen molar-refractivity contribution in [2.24, 2.45) is 0 Å². The minimum absolute atomic E-state index is 0.0735. The summed E-state index contributed by atoms with van der Waals surface area (Å²) < 4.78 is 30.9. The Labute approximate surface area is 87.5 Å². The molecule has 1 aromatic rings. The zero-order valence-corrected chi connectivity index (χ0v) is 8.76. The second kappa shape index (κ2) is 5.07. The van der Waals surface area contributed by atoms with Gasteiger partial charge in [-0.05, 0) is 31.4 Å². The standard InChI is InChI=1S/C11H14F2O2/c1-7(14)3-4-8-5-6-9(12)10(13)11(8)15-2/h5-7,14H,3-4H2,1-2H3/t7-/m0/s1. The summed E-state index contributed by atoms with van der Waals surface area (Å²) in [5, 5.41) is 9.09. The summed E-state index contributed by atoms with van der Waals surface area (Å²) in [6.07, 6.45) is 0.474. The van der Waals surface area contributed by atoms with Crippen LogP contribution in [0.2, 0.25) is 0 Å². The molecule has 0 bridgehead atoms. The lowest BCUT2D eigenvalue weighted by atomic mass is 10.1. The van der Waals surface area contributed by atoms with E-state index in [1.165, 1.54) is 13.2 Å². The fraction of sp³-hybridized carbons (Fsp3) is 0.455. The summed E-state index contributed by atoms with van der Waals surface area (Å²) in [5.74, 6) is -1.97. The minimum Gasteiger partial charge on any atom is -0.493 e. The lowest BCUT2D eigenvalue weighted by Gasteiger charge is -2.10. The molecule has 0 saturated heterocycles. The van der Waals surface area contributed by atoms with Gasteiger partial charge in [0, 0.05) is 0 Å². The van der Waals surface area contributed by atoms with E-state index in [1.807, 2.05) is 0 Å². The maximum absolute atomic E-state index is 13.2. The average molecular weight is 216 g/mol. The molecule has 4 heteroatoms. The van der Waals surface area contributed by atoms with E-state index in [2.05, 4.69) is 0 Å². The number of methoxy groups -OCH3 is 1. The molecular formula is C11H14F2O2. The highest BCUT2D eigenvalue weighted by Gasteiger charge is 2.14. The van der Waals surface area contributed by atoms with Crippen molar-refractivity contribution in [1.29, 1.82) is 0 Å². The first-order valence-electron chi connectivity index (χ1n) is 4.75. The summed E-state index contributed by atoms with van der Waals surface area (Å²) in [4.78, 5) is 0. The van der Waals surface area contributed by atoms with Gasteiger partial charge in [0.1, 0.15) is 0 Å². The third kappa shape index (κ3) is 2.89. The zero-order chi connectivity index (χ0) is 11.4. The molecule has 0 amide bonds. The van der Waals surface area contributed by atoms with Crippen molar-refractivity contribution < 1.29 is 18.6 Å². The van der Waals surface area contributed by atoms with Crippen molar-refractivity contribution in [1.82, 2.24) is 0 Å². The largest absolute Gasteiger partial charge is 0.493 e. The van der Waals surface area contributed by atoms with E-state index < -0.39 is 17.7 Å². The second-order valence-corrected chi connectivity index (χ2v) is 3.44. The van der Waals surface area contributed by atoms with Crippen LogP contribution in [0.1, 0.15) is 18.9 Å². The van der Waals surface area contributed by atoms with Crippen LogP contribution in [0, 0.1) is 11.6 Å². The Morgan fingerprint density at radius 2 is 2.07 bits per heavy atom. The minimum atomic E-state index is -0.972. The molecule has 0 fully saturated rings. The monoisotopic (exact) mass is 216 g/mol. The number of halogens is 2. The van der Waals surface area contributed by atoms with Gasteiger partial charge in [-0.3, -0.25) is 0 Å². The van der Waals surface area contributed by atoms with Crippen LogP contribution in [0.15, 0.2) is 12.1 Å². The molecule has 1 atom stereocenters. The number of aryl methyl sites for hydroxylation is 1. The van der Waals surface area contributed by atoms with Crippen LogP contribution in [0.25, 0.3) is 0 Å². The van der Waals surface area contributed by atoms with E-state index in [0.717, 1.165) is 6.07 Å². The van der Waals surface area contributed by atoms with E-state index in [1.54, 1.807) is 6.92 Å². The fourth-order valence-electron chi connectivity index (χ4n) is 1.35. The summed E-state index contributed by atoms with van der Waals surface area (Å²) in [6, 6.07) is 2.54. The van der Waals surface area contributed by atoms with E-state index in [-0.39, 0.29) is 5.75 Å². The van der Waals surface area contributed by atoms with Crippen molar-refractivity contribution in [3.05, 3.63) is 29.3 Å². The van der Waals surface area contributed by atoms with Crippen LogP contribution in [0.4, 0.5) is 8.78 Å². The summed E-state index contributed by atoms with van der Waals surface area (Å²) >= 11 is 0. The molecule has 0 aliphatic carbocycles. The Kier molecular flexibility index (Phi) is 4.03. The van der Waals surface area contributed by atoms with Gasteiger partial charge >= 0.3 is 0 Å². The average Bonchev–Trinajstić information content (AvgIpc) is 2.19. The Morgan fingerprint density at radius 1 is 1.40 bits per heavy atom. The van der Waals surface area contributed by atoms with Gasteiger partial charge in [0.05, 0.1) is 13.2 Å². The van der Waals surface area contributed by atoms with E-state index in [0.29, 0.717) is 18.4 Å². The first-order valence-corrected chi connectivity index (χ1v) is 4.75. The van der Waals surface area contributed by atoms with Crippen LogP contribution in [0.3, 0.4) is 0 Å². The first-order chi connectivity index (χ1) is 7.06. The van der Waals surface area contributed by atoms with Crippen molar-refractivity contribution in [3.8, 4) is 5.75 Å². The van der Waals surface area contributed by atoms with E-state index >= 15 is 0 Å². The summed E-state index contributed by atoms with van der Waals surface area (Å²) in [6.45, 7) is 1.65. The molecule has 0 aromatic heterocycles. The Morgan fingerprint density at radius 3 is 2.60 bits per heavy atom. The molecule has 15 heavy (non-hydrogen) atoms. The molecule has 0 heterocycles. The molecule has 2 nitrogen and oxygen atoms in total. The summed E-state index contributed by atoms with van der Waals surface area (Å²) in [5.41, 5.74) is 0.567. The van der Waals surface area contributed by atoms with Gasteiger partial charge in [-0.1, -0.05) is 6.07 Å². The zero-order valence-electron chi connectivity index (χ0n) is 8.76. The van der Waals surface area contributed by atoms with Crippen LogP contribution in [0.5, 0.6) is 5.75 Å². The number of hydrogen-bond acceptors (Lipinski definition) is 2. The third-order valence-corrected chi connectivity index (χ3v) is 2.17. The van der Waals surface area contributed by atoms with Gasteiger partial charge in [-0.15, -0.1) is 0 Å². The van der Waals surface area contributed by atoms with Gasteiger partial charge in [-0.2, -0.15) is 4.39 Å². The topological polar surface area (TPSA) is 29.5 Å². The quantitative estimate of drug-likeness (QED) is 0.836. The molecule has 1 aromatic carbocycles. The Bertz CT molecular complexity index is 338. The molecule has 1 N–H and O–H groups in total. The molecule has 0 aliphatic rings. The molecule has 1 rings (SSSR count). The smallest absolute Gasteiger partial charge is 0.200 e. The first kappa shape index (κ1) is 11.9. The molecular weight excluding hydrogens is 202 g/mol. The predicted octanol–water partition coefficient (Wildman–Crippen LogP) is 2.29. The molecule has 0 saturated carbocycles. The summed E-state index contributed by atoms with van der Waals surface area (Å²) in [7, 11) is 1.30. The van der Waals surface area contributed by atoms with Crippen molar-refractivity contribution in [2.45, 2.75) is 25.9 Å². The number of aliphatic hydroxyl groups excluding tert-OH is 1. The number of hydrogen-bond donors (Lipinski definition) is 1. The molecule has 0 aliphatic heterocycles. The van der Waals surface area contributed by atoms with Crippen molar-refractivity contribution in [3.63, 3.8) is 0 Å². The predicted molar refractivity (Wildman–Crippen MR) is 52.9 cm³/mol. The lowest BCUT2D eigenvalue weighted by molar-refractivity contribution is 0.184. The van der Waals surface area contributed by atoms with Crippen LogP contribution < -0.4 is 4.74 Å². The Hall–Kier alpha value is -1.16. The normalized spacial score (nSPS) is 12.6. The van der Waals surface area contributed by atoms with Crippen molar-refractivity contribution in [2.75, 3.05) is 7.11 Å². The van der Waals surface area contributed by atoms with Gasteiger partial charge in [0.25, 0.3) is 0 Å². The van der Waals surface area contributed by atoms with Crippen LogP contribution in [-0.4, -0.2) is 18.3 Å². The maximum Gasteiger partial charge on any atom is 0.200 e. The van der Waals surface area contributed by atoms with E-state index in [9.17, 15) is 8.78 Å². The molecule has 0 unspecified atom stereocenters. The highest BCUT2D eigenvalue weighted by molar-refractivity contribution is 5.35. The van der Waals surface area contributed by atoms with Gasteiger partial charge < -0.3 is 9.84 Å². The van der Waals surface area contributed by atoms with Crippen molar-refractivity contribution >= 4 is 0 Å². The molecule has 0 radical (unpaired) electrons. The fourth-order valence-corrected chi connectivity index (χ4v) is 1.35. The highest BCUT2D eigenvalue weighted by Crippen LogP contribution is 2.26. The number of ether oxygens (including phenoxy) is 1. The van der Waals surface area contributed by atoms with Crippen LogP contribution in [-0.2, 0) is 6.42 Å². The maximum atomic E-state index is 13.2. The van der Waals surface area contributed by atoms with Gasteiger partial charge in [0.2, 0.25) is 5.82 Å². The van der Waals surface area contributed by atoms with Crippen LogP contribution >= 0.6 is 0 Å². The van der Waals surface area contributed by atoms with Gasteiger partial charge in [0.15, 0.2) is 11.6 Å². The van der Waals surface area contributed by atoms with Gasteiger partial charge in [-0.25, -0.2) is 4.39 Å². The third-order valence-electron chi connectivity index (χ3n) is 2.17. The SMILES string of the molecule is COc1c(CC[C@H](C)O)ccc(F)c1F. The number of rotatable bonds is 4. The number of benzene rings is 1. The second-order valence-electron chi connectivity index (χ2n) is 3.44. The molecule has 84 valence electrons. The number of aliphatic hydroxyl groups is 1. The van der Waals surface area contributed by atoms with E-state index in [4.69, 9.17) is 9.84 Å². The lowest BCUT2D eigenvalue weighted by Crippen LogP contribution is -2.04. The highest BCUT2D eigenvalue weighted by atomic mass is 19.2.